The maximum Gasteiger partial charge on any atom is 0.191 e. The Morgan fingerprint density at radius 1 is 1.32 bits per heavy atom. The van der Waals surface area contributed by atoms with E-state index < -0.39 is 0 Å². The number of hydrogen-bond donors (Lipinski definition) is 2. The van der Waals surface area contributed by atoms with Crippen molar-refractivity contribution >= 4 is 29.9 Å². The molecule has 0 radical (unpaired) electrons. The third-order valence-electron chi connectivity index (χ3n) is 3.09. The highest BCUT2D eigenvalue weighted by Crippen LogP contribution is 2.05. The number of aliphatic imine (C=N–C) groups is 1. The maximum atomic E-state index is 13.5. The monoisotopic (exact) mass is 417 g/mol. The molecule has 2 N–H and O–H groups in total. The first-order valence-corrected chi connectivity index (χ1v) is 6.84. The molecule has 2 rings (SSSR count). The molecule has 0 saturated carbocycles. The molecular formula is C15H21FIN5. The molecule has 0 fully saturated rings. The Kier molecular flexibility index (Phi) is 7.86. The topological polar surface area (TPSA) is 54.2 Å². The summed E-state index contributed by atoms with van der Waals surface area (Å²) in [6.45, 7) is 1.14. The third-order valence-corrected chi connectivity index (χ3v) is 3.09. The number of nitrogens with one attached hydrogen (secondary N) is 2. The van der Waals surface area contributed by atoms with E-state index in [1.807, 2.05) is 25.5 Å². The van der Waals surface area contributed by atoms with E-state index in [0.717, 1.165) is 18.5 Å². The van der Waals surface area contributed by atoms with Crippen LogP contribution >= 0.6 is 24.0 Å². The van der Waals surface area contributed by atoms with Crippen molar-refractivity contribution in [2.24, 2.45) is 12.0 Å². The molecule has 0 amide bonds. The quantitative estimate of drug-likeness (QED) is 0.445. The lowest BCUT2D eigenvalue weighted by molar-refractivity contribution is 0.604. The van der Waals surface area contributed by atoms with Crippen LogP contribution in [0.25, 0.3) is 0 Å². The fourth-order valence-corrected chi connectivity index (χ4v) is 1.97. The van der Waals surface area contributed by atoms with Gasteiger partial charge >= 0.3 is 0 Å². The van der Waals surface area contributed by atoms with Gasteiger partial charge in [-0.25, -0.2) is 4.39 Å². The van der Waals surface area contributed by atoms with Gasteiger partial charge in [0.2, 0.25) is 0 Å². The molecule has 120 valence electrons. The maximum absolute atomic E-state index is 13.5. The first kappa shape index (κ1) is 18.4. The number of aryl methyl sites for hydroxylation is 1. The van der Waals surface area contributed by atoms with E-state index in [9.17, 15) is 4.39 Å². The van der Waals surface area contributed by atoms with Crippen LogP contribution in [-0.4, -0.2) is 29.3 Å². The van der Waals surface area contributed by atoms with Crippen LogP contribution in [0.15, 0.2) is 41.7 Å². The van der Waals surface area contributed by atoms with Gasteiger partial charge in [0.15, 0.2) is 5.96 Å². The summed E-state index contributed by atoms with van der Waals surface area (Å²) in [4.78, 5) is 4.12. The summed E-state index contributed by atoms with van der Waals surface area (Å²) in [5.41, 5.74) is 1.78. The van der Waals surface area contributed by atoms with E-state index in [1.165, 1.54) is 6.07 Å². The number of guanidine groups is 1. The fraction of sp³-hybridized carbons (Fsp3) is 0.333. The summed E-state index contributed by atoms with van der Waals surface area (Å²) in [5, 5.41) is 10.4. The minimum Gasteiger partial charge on any atom is -0.356 e. The van der Waals surface area contributed by atoms with Crippen LogP contribution in [-0.2, 0) is 20.0 Å². The highest BCUT2D eigenvalue weighted by atomic mass is 127. The van der Waals surface area contributed by atoms with Gasteiger partial charge in [0.1, 0.15) is 5.82 Å². The molecule has 0 atom stereocenters. The van der Waals surface area contributed by atoms with E-state index in [1.54, 1.807) is 23.9 Å². The lowest BCUT2D eigenvalue weighted by Gasteiger charge is -2.11. The lowest BCUT2D eigenvalue weighted by Crippen LogP contribution is -2.38. The number of nitrogens with zero attached hydrogens (tertiary/aromatic N) is 3. The summed E-state index contributed by atoms with van der Waals surface area (Å²) in [6.07, 6.45) is 4.68. The van der Waals surface area contributed by atoms with Gasteiger partial charge in [0.25, 0.3) is 0 Å². The standard InChI is InChI=1S/C15H20FN5.HI/c1-17-15(18-8-7-12-9-20-21(2)11-12)19-10-13-5-3-4-6-14(13)16;/h3-6,9,11H,7-8,10H2,1-2H3,(H2,17,18,19);1H. The summed E-state index contributed by atoms with van der Waals surface area (Å²) in [6, 6.07) is 6.71. The molecular weight excluding hydrogens is 396 g/mol. The molecule has 1 aromatic heterocycles. The smallest absolute Gasteiger partial charge is 0.191 e. The van der Waals surface area contributed by atoms with Gasteiger partial charge in [-0.05, 0) is 18.1 Å². The molecule has 2 aromatic rings. The lowest BCUT2D eigenvalue weighted by atomic mass is 10.2. The SMILES string of the molecule is CN=C(NCCc1cnn(C)c1)NCc1ccccc1F.I. The Labute approximate surface area is 147 Å². The van der Waals surface area contributed by atoms with E-state index in [-0.39, 0.29) is 29.8 Å². The minimum absolute atomic E-state index is 0. The number of halogens is 2. The Morgan fingerprint density at radius 3 is 2.73 bits per heavy atom. The van der Waals surface area contributed by atoms with Crippen LogP contribution in [0.3, 0.4) is 0 Å². The molecule has 1 heterocycles. The van der Waals surface area contributed by atoms with Crippen molar-refractivity contribution in [2.45, 2.75) is 13.0 Å². The molecule has 0 spiro atoms. The number of hydrogen-bond acceptors (Lipinski definition) is 2. The van der Waals surface area contributed by atoms with Gasteiger partial charge in [0.05, 0.1) is 6.20 Å². The highest BCUT2D eigenvalue weighted by Gasteiger charge is 2.03. The van der Waals surface area contributed by atoms with Crippen LogP contribution in [0.5, 0.6) is 0 Å². The van der Waals surface area contributed by atoms with Crippen molar-refractivity contribution in [1.29, 1.82) is 0 Å². The van der Waals surface area contributed by atoms with Crippen molar-refractivity contribution in [3.63, 3.8) is 0 Å². The number of benzene rings is 1. The summed E-state index contributed by atoms with van der Waals surface area (Å²) in [7, 11) is 3.59. The van der Waals surface area contributed by atoms with E-state index >= 15 is 0 Å². The second-order valence-corrected chi connectivity index (χ2v) is 4.72. The van der Waals surface area contributed by atoms with E-state index in [0.29, 0.717) is 18.1 Å². The predicted octanol–water partition coefficient (Wildman–Crippen LogP) is 2.08. The average Bonchev–Trinajstić information content (AvgIpc) is 2.90. The molecule has 1 aromatic carbocycles. The largest absolute Gasteiger partial charge is 0.356 e. The van der Waals surface area contributed by atoms with Crippen molar-refractivity contribution in [3.05, 3.63) is 53.6 Å². The van der Waals surface area contributed by atoms with Gasteiger partial charge in [-0.3, -0.25) is 9.67 Å². The fourth-order valence-electron chi connectivity index (χ4n) is 1.97. The normalized spacial score (nSPS) is 11.0. The van der Waals surface area contributed by atoms with Gasteiger partial charge in [-0.2, -0.15) is 5.10 Å². The molecule has 0 saturated heterocycles. The van der Waals surface area contributed by atoms with Crippen LogP contribution in [0.2, 0.25) is 0 Å². The Bertz CT molecular complexity index is 611. The number of rotatable bonds is 5. The molecule has 0 aliphatic rings. The molecule has 22 heavy (non-hydrogen) atoms. The number of aromatic nitrogens is 2. The molecule has 5 nitrogen and oxygen atoms in total. The second kappa shape index (κ2) is 9.39. The van der Waals surface area contributed by atoms with Crippen LogP contribution < -0.4 is 10.6 Å². The van der Waals surface area contributed by atoms with Gasteiger partial charge < -0.3 is 10.6 Å². The van der Waals surface area contributed by atoms with Crippen LogP contribution in [0, 0.1) is 5.82 Å². The van der Waals surface area contributed by atoms with Crippen molar-refractivity contribution in [2.75, 3.05) is 13.6 Å². The predicted molar refractivity (Wildman–Crippen MR) is 96.9 cm³/mol. The van der Waals surface area contributed by atoms with Crippen LogP contribution in [0.1, 0.15) is 11.1 Å². The van der Waals surface area contributed by atoms with Crippen LogP contribution in [0.4, 0.5) is 4.39 Å². The van der Waals surface area contributed by atoms with E-state index in [2.05, 4.69) is 20.7 Å². The average molecular weight is 417 g/mol. The Hall–Kier alpha value is -1.64. The third kappa shape index (κ3) is 5.63. The van der Waals surface area contributed by atoms with Crippen molar-refractivity contribution in [3.8, 4) is 0 Å². The molecule has 0 bridgehead atoms. The van der Waals surface area contributed by atoms with Gasteiger partial charge in [0, 0.05) is 38.9 Å². The zero-order valence-corrected chi connectivity index (χ0v) is 15.0. The minimum atomic E-state index is -0.212. The summed E-state index contributed by atoms with van der Waals surface area (Å²) >= 11 is 0. The summed E-state index contributed by atoms with van der Waals surface area (Å²) < 4.78 is 15.3. The molecule has 0 aliphatic heterocycles. The first-order chi connectivity index (χ1) is 10.2. The van der Waals surface area contributed by atoms with E-state index in [4.69, 9.17) is 0 Å². The highest BCUT2D eigenvalue weighted by molar-refractivity contribution is 14.0. The Morgan fingerprint density at radius 2 is 2.09 bits per heavy atom. The second-order valence-electron chi connectivity index (χ2n) is 4.72. The summed E-state index contributed by atoms with van der Waals surface area (Å²) in [5.74, 6) is 0.443. The van der Waals surface area contributed by atoms with Crippen molar-refractivity contribution < 1.29 is 4.39 Å². The zero-order valence-electron chi connectivity index (χ0n) is 12.7. The molecule has 7 heteroatoms. The molecule has 0 aliphatic carbocycles. The zero-order chi connectivity index (χ0) is 15.1. The van der Waals surface area contributed by atoms with Gasteiger partial charge in [-0.1, -0.05) is 18.2 Å². The molecule has 0 unspecified atom stereocenters. The Balaban J connectivity index is 0.00000242. The van der Waals surface area contributed by atoms with Gasteiger partial charge in [-0.15, -0.1) is 24.0 Å². The van der Waals surface area contributed by atoms with Crippen molar-refractivity contribution in [1.82, 2.24) is 20.4 Å². The first-order valence-electron chi connectivity index (χ1n) is 6.84.